The molecule has 0 aliphatic heterocycles. The van der Waals surface area contributed by atoms with E-state index in [0.717, 1.165) is 0 Å². The number of nitrogens with one attached hydrogen (secondary N) is 1. The van der Waals surface area contributed by atoms with E-state index in [0.29, 0.717) is 23.7 Å². The lowest BCUT2D eigenvalue weighted by atomic mass is 10.2. The molecule has 6 nitrogen and oxygen atoms in total. The maximum absolute atomic E-state index is 12.1. The van der Waals surface area contributed by atoms with Crippen LogP contribution in [-0.2, 0) is 9.53 Å². The zero-order valence-corrected chi connectivity index (χ0v) is 15.5. The molecule has 1 aromatic heterocycles. The van der Waals surface area contributed by atoms with Crippen LogP contribution in [0.2, 0.25) is 0 Å². The summed E-state index contributed by atoms with van der Waals surface area (Å²) in [6.45, 7) is 7.51. The van der Waals surface area contributed by atoms with Gasteiger partial charge in [-0.1, -0.05) is 18.2 Å². The van der Waals surface area contributed by atoms with Gasteiger partial charge in [0.2, 0.25) is 0 Å². The van der Waals surface area contributed by atoms with E-state index in [1.807, 2.05) is 5.38 Å². The minimum atomic E-state index is -0.614. The molecule has 0 radical (unpaired) electrons. The number of amides is 2. The number of ether oxygens (including phenoxy) is 1. The van der Waals surface area contributed by atoms with Crippen LogP contribution in [0.1, 0.15) is 20.0 Å². The molecule has 2 amide bonds. The summed E-state index contributed by atoms with van der Waals surface area (Å²) in [6, 6.07) is 9.79. The third kappa shape index (κ3) is 5.93. The van der Waals surface area contributed by atoms with Crippen LogP contribution in [0, 0.1) is 0 Å². The SMILES string of the molecule is C=CCN(CC=C)C(=O)COC(=O)c1ccc(NC(=O)c2cccs2)cc1. The van der Waals surface area contributed by atoms with Gasteiger partial charge in [0.15, 0.2) is 6.61 Å². The summed E-state index contributed by atoms with van der Waals surface area (Å²) in [5.41, 5.74) is 0.847. The average Bonchev–Trinajstić information content (AvgIpc) is 3.21. The number of thiophene rings is 1. The lowest BCUT2D eigenvalue weighted by molar-refractivity contribution is -0.133. The molecular weight excluding hydrogens is 364 g/mol. The van der Waals surface area contributed by atoms with Crippen LogP contribution in [0.15, 0.2) is 67.1 Å². The molecule has 2 rings (SSSR count). The zero-order valence-electron chi connectivity index (χ0n) is 14.7. The topological polar surface area (TPSA) is 75.7 Å². The second-order valence-corrected chi connectivity index (χ2v) is 6.41. The van der Waals surface area contributed by atoms with Crippen molar-refractivity contribution < 1.29 is 19.1 Å². The van der Waals surface area contributed by atoms with Crippen molar-refractivity contribution in [3.05, 3.63) is 77.5 Å². The molecule has 0 fully saturated rings. The molecule has 0 unspecified atom stereocenters. The Hall–Kier alpha value is -3.19. The summed E-state index contributed by atoms with van der Waals surface area (Å²) in [5.74, 6) is -1.16. The molecule has 0 saturated carbocycles. The largest absolute Gasteiger partial charge is 0.452 e. The summed E-state index contributed by atoms with van der Waals surface area (Å²) in [7, 11) is 0. The van der Waals surface area contributed by atoms with Gasteiger partial charge in [-0.25, -0.2) is 4.79 Å². The number of carbonyl (C=O) groups excluding carboxylic acids is 3. The van der Waals surface area contributed by atoms with Crippen LogP contribution in [0.4, 0.5) is 5.69 Å². The van der Waals surface area contributed by atoms with Gasteiger partial charge in [0.1, 0.15) is 0 Å². The highest BCUT2D eigenvalue weighted by Gasteiger charge is 2.15. The van der Waals surface area contributed by atoms with Gasteiger partial charge in [-0.05, 0) is 35.7 Å². The second kappa shape index (κ2) is 10.1. The van der Waals surface area contributed by atoms with Crippen LogP contribution in [-0.4, -0.2) is 42.4 Å². The summed E-state index contributed by atoms with van der Waals surface area (Å²) in [5, 5.41) is 4.56. The molecule has 1 aromatic carbocycles. The minimum Gasteiger partial charge on any atom is -0.452 e. The summed E-state index contributed by atoms with van der Waals surface area (Å²) < 4.78 is 5.06. The van der Waals surface area contributed by atoms with Crippen molar-refractivity contribution >= 4 is 34.8 Å². The smallest absolute Gasteiger partial charge is 0.338 e. The molecular formula is C20H20N2O4S. The van der Waals surface area contributed by atoms with Gasteiger partial charge in [0, 0.05) is 18.8 Å². The van der Waals surface area contributed by atoms with E-state index >= 15 is 0 Å². The Morgan fingerprint density at radius 3 is 2.30 bits per heavy atom. The van der Waals surface area contributed by atoms with Gasteiger partial charge in [0.05, 0.1) is 10.4 Å². The third-order valence-electron chi connectivity index (χ3n) is 3.50. The lowest BCUT2D eigenvalue weighted by Crippen LogP contribution is -2.35. The molecule has 7 heteroatoms. The van der Waals surface area contributed by atoms with Crippen molar-refractivity contribution in [2.24, 2.45) is 0 Å². The molecule has 0 saturated heterocycles. The normalized spacial score (nSPS) is 9.93. The Morgan fingerprint density at radius 1 is 1.07 bits per heavy atom. The first-order chi connectivity index (χ1) is 13.0. The fourth-order valence-corrected chi connectivity index (χ4v) is 2.80. The highest BCUT2D eigenvalue weighted by atomic mass is 32.1. The molecule has 140 valence electrons. The molecule has 0 atom stereocenters. The third-order valence-corrected chi connectivity index (χ3v) is 4.37. The zero-order chi connectivity index (χ0) is 19.6. The molecule has 1 N–H and O–H groups in total. The number of esters is 1. The fraction of sp³-hybridized carbons (Fsp3) is 0.150. The number of anilines is 1. The van der Waals surface area contributed by atoms with E-state index in [1.54, 1.807) is 36.4 Å². The Balaban J connectivity index is 1.89. The second-order valence-electron chi connectivity index (χ2n) is 5.46. The molecule has 0 aliphatic rings. The molecule has 0 bridgehead atoms. The van der Waals surface area contributed by atoms with E-state index in [-0.39, 0.29) is 24.0 Å². The van der Waals surface area contributed by atoms with Crippen molar-refractivity contribution in [2.75, 3.05) is 25.0 Å². The van der Waals surface area contributed by atoms with E-state index in [4.69, 9.17) is 4.74 Å². The van der Waals surface area contributed by atoms with E-state index in [1.165, 1.54) is 28.4 Å². The van der Waals surface area contributed by atoms with Gasteiger partial charge in [0.25, 0.3) is 11.8 Å². The van der Waals surface area contributed by atoms with Crippen molar-refractivity contribution in [2.45, 2.75) is 0 Å². The van der Waals surface area contributed by atoms with Crippen molar-refractivity contribution in [3.63, 3.8) is 0 Å². The Kier molecular flexibility index (Phi) is 7.51. The molecule has 1 heterocycles. The molecule has 0 spiro atoms. The lowest BCUT2D eigenvalue weighted by Gasteiger charge is -2.18. The monoisotopic (exact) mass is 384 g/mol. The van der Waals surface area contributed by atoms with E-state index in [2.05, 4.69) is 18.5 Å². The molecule has 2 aromatic rings. The fourth-order valence-electron chi connectivity index (χ4n) is 2.18. The standard InChI is InChI=1S/C20H20N2O4S/c1-3-11-22(12-4-2)18(23)14-26-20(25)15-7-9-16(10-8-15)21-19(24)17-6-5-13-27-17/h3-10,13H,1-2,11-12,14H2,(H,21,24). The predicted molar refractivity (Wildman–Crippen MR) is 106 cm³/mol. The van der Waals surface area contributed by atoms with Crippen LogP contribution >= 0.6 is 11.3 Å². The van der Waals surface area contributed by atoms with Gasteiger partial charge < -0.3 is 15.0 Å². The van der Waals surface area contributed by atoms with Crippen molar-refractivity contribution in [3.8, 4) is 0 Å². The number of hydrogen-bond donors (Lipinski definition) is 1. The quantitative estimate of drug-likeness (QED) is 0.531. The average molecular weight is 384 g/mol. The van der Waals surface area contributed by atoms with Crippen molar-refractivity contribution in [1.29, 1.82) is 0 Å². The summed E-state index contributed by atoms with van der Waals surface area (Å²) >= 11 is 1.34. The molecule has 27 heavy (non-hydrogen) atoms. The number of rotatable bonds is 9. The summed E-state index contributed by atoms with van der Waals surface area (Å²) in [4.78, 5) is 38.2. The highest BCUT2D eigenvalue weighted by Crippen LogP contribution is 2.14. The number of benzene rings is 1. The van der Waals surface area contributed by atoms with E-state index in [9.17, 15) is 14.4 Å². The number of hydrogen-bond acceptors (Lipinski definition) is 5. The van der Waals surface area contributed by atoms with Crippen LogP contribution in [0.25, 0.3) is 0 Å². The first-order valence-electron chi connectivity index (χ1n) is 8.16. The maximum atomic E-state index is 12.1. The predicted octanol–water partition coefficient (Wildman–Crippen LogP) is 3.36. The summed E-state index contributed by atoms with van der Waals surface area (Å²) in [6.07, 6.45) is 3.18. The first kappa shape index (κ1) is 20.1. The van der Waals surface area contributed by atoms with Gasteiger partial charge in [-0.15, -0.1) is 24.5 Å². The van der Waals surface area contributed by atoms with Crippen molar-refractivity contribution in [1.82, 2.24) is 4.90 Å². The van der Waals surface area contributed by atoms with E-state index < -0.39 is 5.97 Å². The van der Waals surface area contributed by atoms with Gasteiger partial charge in [-0.3, -0.25) is 9.59 Å². The maximum Gasteiger partial charge on any atom is 0.338 e. The van der Waals surface area contributed by atoms with Crippen LogP contribution in [0.5, 0.6) is 0 Å². The van der Waals surface area contributed by atoms with Crippen LogP contribution in [0.3, 0.4) is 0 Å². The van der Waals surface area contributed by atoms with Gasteiger partial charge in [-0.2, -0.15) is 0 Å². The molecule has 0 aliphatic carbocycles. The number of nitrogens with zero attached hydrogens (tertiary/aromatic N) is 1. The van der Waals surface area contributed by atoms with Crippen LogP contribution < -0.4 is 5.32 Å². The number of carbonyl (C=O) groups is 3. The minimum absolute atomic E-state index is 0.213. The Bertz CT molecular complexity index is 803. The highest BCUT2D eigenvalue weighted by molar-refractivity contribution is 7.12. The first-order valence-corrected chi connectivity index (χ1v) is 9.04. The van der Waals surface area contributed by atoms with Gasteiger partial charge >= 0.3 is 5.97 Å². The Labute approximate surface area is 161 Å². The Morgan fingerprint density at radius 2 is 1.74 bits per heavy atom.